The molecule has 2 bridgehead atoms. The number of rotatable bonds is 12. The van der Waals surface area contributed by atoms with Gasteiger partial charge in [-0.15, -0.1) is 0 Å². The molecule has 3 aliphatic heterocycles. The van der Waals surface area contributed by atoms with Crippen LogP contribution in [0.1, 0.15) is 60.9 Å². The largest absolute Gasteiger partial charge is 0.391 e. The van der Waals surface area contributed by atoms with E-state index in [1.54, 1.807) is 6.07 Å². The first-order valence-electron chi connectivity index (χ1n) is 16.8. The lowest BCUT2D eigenvalue weighted by Crippen LogP contribution is -2.70. The number of carbonyl (C=O) groups is 2. The van der Waals surface area contributed by atoms with Gasteiger partial charge in [-0.2, -0.15) is 0 Å². The minimum Gasteiger partial charge on any atom is -0.391 e. The Morgan fingerprint density at radius 2 is 1.73 bits per heavy atom. The van der Waals surface area contributed by atoms with E-state index >= 15 is 0 Å². The number of hydrogen-bond donors (Lipinski definition) is 6. The molecule has 3 heterocycles. The Morgan fingerprint density at radius 1 is 1.04 bits per heavy atom. The van der Waals surface area contributed by atoms with E-state index in [4.69, 9.17) is 9.47 Å². The van der Waals surface area contributed by atoms with E-state index in [9.17, 15) is 35.1 Å². The minimum atomic E-state index is -1.76. The molecule has 0 spiro atoms. The van der Waals surface area contributed by atoms with Crippen molar-refractivity contribution in [3.8, 4) is 0 Å². The minimum absolute atomic E-state index is 0.133. The second kappa shape index (κ2) is 14.1. The molecule has 0 aliphatic carbocycles. The van der Waals surface area contributed by atoms with Gasteiger partial charge in [-0.1, -0.05) is 36.4 Å². The molecule has 48 heavy (non-hydrogen) atoms. The normalized spacial score (nSPS) is 30.2. The van der Waals surface area contributed by atoms with Crippen molar-refractivity contribution in [2.45, 2.75) is 100 Å². The van der Waals surface area contributed by atoms with Gasteiger partial charge in [0, 0.05) is 38.0 Å². The Labute approximate surface area is 282 Å². The lowest BCUT2D eigenvalue weighted by Gasteiger charge is -2.50. The Bertz CT molecular complexity index is 1460. The quantitative estimate of drug-likeness (QED) is 0.185. The Balaban J connectivity index is 1.20. The molecule has 3 saturated heterocycles. The van der Waals surface area contributed by atoms with E-state index in [0.29, 0.717) is 37.9 Å². The summed E-state index contributed by atoms with van der Waals surface area (Å²) in [4.78, 5) is 29.2. The van der Waals surface area contributed by atoms with Gasteiger partial charge in [0.05, 0.1) is 18.3 Å². The van der Waals surface area contributed by atoms with Crippen molar-refractivity contribution in [1.82, 2.24) is 15.1 Å². The van der Waals surface area contributed by atoms with Crippen LogP contribution >= 0.6 is 0 Å². The summed E-state index contributed by atoms with van der Waals surface area (Å²) in [5.74, 6) is -2.12. The highest BCUT2D eigenvalue weighted by molar-refractivity contribution is 5.88. The first-order chi connectivity index (χ1) is 22.6. The van der Waals surface area contributed by atoms with Crippen LogP contribution in [0.5, 0.6) is 0 Å². The number of fused-ring (bicyclic) bond motifs is 2. The summed E-state index contributed by atoms with van der Waals surface area (Å²) in [6.07, 6.45) is -3.05. The van der Waals surface area contributed by atoms with E-state index < -0.39 is 47.4 Å². The number of hydrogen-bond acceptors (Lipinski definition) is 10. The van der Waals surface area contributed by atoms with Crippen LogP contribution in [0.25, 0.3) is 0 Å². The van der Waals surface area contributed by atoms with Gasteiger partial charge in [0.15, 0.2) is 5.60 Å². The number of ether oxygens (including phenoxy) is 2. The van der Waals surface area contributed by atoms with E-state index in [0.717, 1.165) is 22.3 Å². The fraction of sp³-hybridized carbons (Fsp3) is 0.611. The van der Waals surface area contributed by atoms with Gasteiger partial charge in [0.1, 0.15) is 24.4 Å². The summed E-state index contributed by atoms with van der Waals surface area (Å²) in [5.41, 5.74) is 1.35. The standard InChI is InChI=1S/C36H51N3O9/c1-22-9-14-26(36-32(44)30(42)31(43)35(48-36,21-47-36)34(2,3)46)18-25(22)17-24-12-10-23(11-13-24)7-6-8-29(41)39-20-27(40)19-28(39)33(45)37-15-16-38(4)5/h9-14,18,27-28,30-32,40,42-44,46H,6-8,15-17,19-21H2,1-5H3,(H,37,45)/t27-,28-,30-,31-,32+,35-,36-/m0/s1. The molecule has 2 aromatic rings. The fourth-order valence-electron chi connectivity index (χ4n) is 7.05. The highest BCUT2D eigenvalue weighted by Crippen LogP contribution is 2.53. The topological polar surface area (TPSA) is 172 Å². The Kier molecular flexibility index (Phi) is 10.7. The smallest absolute Gasteiger partial charge is 0.242 e. The van der Waals surface area contributed by atoms with Gasteiger partial charge in [0.2, 0.25) is 17.6 Å². The summed E-state index contributed by atoms with van der Waals surface area (Å²) in [7, 11) is 3.84. The Morgan fingerprint density at radius 3 is 2.40 bits per heavy atom. The number of nitrogens with zero attached hydrogens (tertiary/aromatic N) is 2. The van der Waals surface area contributed by atoms with Crippen molar-refractivity contribution < 1.29 is 44.6 Å². The summed E-state index contributed by atoms with van der Waals surface area (Å²) in [5, 5.41) is 56.6. The van der Waals surface area contributed by atoms with Crippen molar-refractivity contribution in [2.24, 2.45) is 0 Å². The highest BCUT2D eigenvalue weighted by Gasteiger charge is 2.71. The Hall–Kier alpha value is -2.94. The van der Waals surface area contributed by atoms with Gasteiger partial charge < -0.3 is 50.1 Å². The van der Waals surface area contributed by atoms with E-state index in [1.807, 2.05) is 62.3 Å². The zero-order chi connectivity index (χ0) is 35.0. The summed E-state index contributed by atoms with van der Waals surface area (Å²) < 4.78 is 12.2. The fourth-order valence-corrected chi connectivity index (χ4v) is 7.05. The molecule has 0 radical (unpaired) electrons. The molecule has 12 heteroatoms. The maximum atomic E-state index is 13.0. The number of nitrogens with one attached hydrogen (secondary N) is 1. The number of carbonyl (C=O) groups excluding carboxylic acids is 2. The number of aryl methyl sites for hydroxylation is 2. The van der Waals surface area contributed by atoms with Crippen molar-refractivity contribution in [1.29, 1.82) is 0 Å². The summed E-state index contributed by atoms with van der Waals surface area (Å²) >= 11 is 0. The van der Waals surface area contributed by atoms with Crippen LogP contribution < -0.4 is 5.32 Å². The van der Waals surface area contributed by atoms with Crippen LogP contribution in [0.2, 0.25) is 0 Å². The van der Waals surface area contributed by atoms with E-state index in [1.165, 1.54) is 18.7 Å². The van der Waals surface area contributed by atoms with Crippen LogP contribution in [-0.4, -0.2) is 129 Å². The van der Waals surface area contributed by atoms with Crippen molar-refractivity contribution in [3.05, 3.63) is 70.3 Å². The summed E-state index contributed by atoms with van der Waals surface area (Å²) in [6.45, 7) is 6.06. The number of aliphatic hydroxyl groups excluding tert-OH is 4. The molecule has 3 aliphatic rings. The third-order valence-electron chi connectivity index (χ3n) is 10.2. The van der Waals surface area contributed by atoms with Gasteiger partial charge in [-0.05, 0) is 82.4 Å². The number of likely N-dealkylation sites (tertiary alicyclic amines) is 1. The zero-order valence-electron chi connectivity index (χ0n) is 28.6. The van der Waals surface area contributed by atoms with E-state index in [2.05, 4.69) is 5.32 Å². The molecule has 0 aromatic heterocycles. The van der Waals surface area contributed by atoms with Gasteiger partial charge in [-0.3, -0.25) is 9.59 Å². The van der Waals surface area contributed by atoms with Gasteiger partial charge >= 0.3 is 0 Å². The third kappa shape index (κ3) is 7.03. The average Bonchev–Trinajstić information content (AvgIpc) is 3.63. The molecule has 6 N–H and O–H groups in total. The zero-order valence-corrected chi connectivity index (χ0v) is 28.6. The molecule has 7 atom stereocenters. The van der Waals surface area contributed by atoms with Crippen LogP contribution in [0.3, 0.4) is 0 Å². The molecular weight excluding hydrogens is 618 g/mol. The first kappa shape index (κ1) is 36.3. The number of aliphatic hydroxyl groups is 5. The lowest BCUT2D eigenvalue weighted by atomic mass is 9.75. The van der Waals surface area contributed by atoms with Crippen LogP contribution in [-0.2, 0) is 37.7 Å². The van der Waals surface area contributed by atoms with Crippen LogP contribution in [0, 0.1) is 6.92 Å². The highest BCUT2D eigenvalue weighted by atomic mass is 16.8. The molecule has 0 saturated carbocycles. The van der Waals surface area contributed by atoms with Gasteiger partial charge in [-0.25, -0.2) is 0 Å². The molecule has 5 rings (SSSR count). The average molecular weight is 670 g/mol. The molecule has 2 aromatic carbocycles. The number of β-amino-alcohol motifs (C(OH)–C–C–N with tert-alkyl or cyclic N) is 1. The second-order valence-electron chi connectivity index (χ2n) is 14.4. The monoisotopic (exact) mass is 669 g/mol. The molecule has 3 fully saturated rings. The van der Waals surface area contributed by atoms with Crippen LogP contribution in [0.15, 0.2) is 42.5 Å². The maximum Gasteiger partial charge on any atom is 0.242 e. The van der Waals surface area contributed by atoms with E-state index in [-0.39, 0.29) is 37.8 Å². The SMILES string of the molecule is Cc1ccc([C@]23OC[C@](C(C)(C)O)(O2)[C@@H](O)[C@H](O)[C@H]3O)cc1Cc1ccc(CCCC(=O)N2C[C@@H](O)C[C@H]2C(=O)NCCN(C)C)cc1. The number of benzene rings is 2. The molecule has 2 amide bonds. The predicted octanol–water partition coefficient (Wildman–Crippen LogP) is 0.354. The molecule has 264 valence electrons. The lowest BCUT2D eigenvalue weighted by molar-refractivity contribution is -0.348. The maximum absolute atomic E-state index is 13.0. The van der Waals surface area contributed by atoms with Crippen molar-refractivity contribution >= 4 is 11.8 Å². The first-order valence-corrected chi connectivity index (χ1v) is 16.8. The van der Waals surface area contributed by atoms with Crippen molar-refractivity contribution in [3.63, 3.8) is 0 Å². The second-order valence-corrected chi connectivity index (χ2v) is 14.4. The van der Waals surface area contributed by atoms with Crippen molar-refractivity contribution in [2.75, 3.05) is 40.3 Å². The predicted molar refractivity (Wildman–Crippen MR) is 177 cm³/mol. The molecule has 0 unspecified atom stereocenters. The molecular formula is C36H51N3O9. The number of likely N-dealkylation sites (N-methyl/N-ethyl adjacent to an activating group) is 1. The molecule has 12 nitrogen and oxygen atoms in total. The summed E-state index contributed by atoms with van der Waals surface area (Å²) in [6, 6.07) is 13.0. The van der Waals surface area contributed by atoms with Gasteiger partial charge in [0.25, 0.3) is 0 Å². The number of amides is 2. The third-order valence-corrected chi connectivity index (χ3v) is 10.2. The van der Waals surface area contributed by atoms with Crippen LogP contribution in [0.4, 0.5) is 0 Å².